The highest BCUT2D eigenvalue weighted by Crippen LogP contribution is 2.34. The van der Waals surface area contributed by atoms with E-state index in [0.29, 0.717) is 6.92 Å². The third kappa shape index (κ3) is 2.77. The molecule has 0 spiro atoms. The summed E-state index contributed by atoms with van der Waals surface area (Å²) < 4.78 is 38.4. The highest BCUT2D eigenvalue weighted by Gasteiger charge is 2.34. The summed E-state index contributed by atoms with van der Waals surface area (Å²) in [6, 6.07) is 1.84. The summed E-state index contributed by atoms with van der Waals surface area (Å²) in [5.41, 5.74) is -0.223. The molecule has 15 heavy (non-hydrogen) atoms. The lowest BCUT2D eigenvalue weighted by Gasteiger charge is -2.18. The van der Waals surface area contributed by atoms with E-state index in [1.807, 2.05) is 0 Å². The molecule has 0 aliphatic carbocycles. The Kier molecular flexibility index (Phi) is 3.53. The summed E-state index contributed by atoms with van der Waals surface area (Å²) in [6.07, 6.45) is -2.06. The lowest BCUT2D eigenvalue weighted by atomic mass is 10.0. The number of halogens is 5. The molecule has 0 fully saturated rings. The number of rotatable bonds is 2. The molecule has 0 aliphatic rings. The van der Waals surface area contributed by atoms with Crippen molar-refractivity contribution in [3.05, 3.63) is 33.6 Å². The first-order chi connectivity index (χ1) is 6.73. The van der Waals surface area contributed by atoms with Crippen LogP contribution in [0.15, 0.2) is 12.1 Å². The normalized spacial score (nSPS) is 14.1. The van der Waals surface area contributed by atoms with Crippen molar-refractivity contribution in [2.75, 3.05) is 0 Å². The Labute approximate surface area is 94.4 Å². The molecule has 6 heteroatoms. The molecule has 0 aromatic heterocycles. The van der Waals surface area contributed by atoms with E-state index in [2.05, 4.69) is 0 Å². The van der Waals surface area contributed by atoms with Crippen LogP contribution in [0.3, 0.4) is 0 Å². The first kappa shape index (κ1) is 12.6. The van der Waals surface area contributed by atoms with E-state index in [9.17, 15) is 18.3 Å². The van der Waals surface area contributed by atoms with Crippen LogP contribution in [0.1, 0.15) is 18.6 Å². The second-order valence-electron chi connectivity index (χ2n) is 3.16. The van der Waals surface area contributed by atoms with Gasteiger partial charge in [0.2, 0.25) is 0 Å². The minimum Gasteiger partial charge on any atom is -0.382 e. The Bertz CT molecular complexity index is 353. The Morgan fingerprint density at radius 3 is 2.00 bits per heavy atom. The van der Waals surface area contributed by atoms with E-state index >= 15 is 0 Å². The highest BCUT2D eigenvalue weighted by molar-refractivity contribution is 6.35. The van der Waals surface area contributed by atoms with Crippen molar-refractivity contribution in [1.29, 1.82) is 0 Å². The predicted octanol–water partition coefficient (Wildman–Crippen LogP) is 3.82. The minimum atomic E-state index is -3.34. The molecular weight excluding hydrogens is 252 g/mol. The molecule has 1 nitrogen and oxygen atoms in total. The lowest BCUT2D eigenvalue weighted by molar-refractivity contribution is -0.0954. The Hall–Kier alpha value is -0.450. The van der Waals surface area contributed by atoms with Crippen LogP contribution in [0.2, 0.25) is 10.0 Å². The van der Waals surface area contributed by atoms with Gasteiger partial charge in [-0.3, -0.25) is 0 Å². The van der Waals surface area contributed by atoms with Crippen LogP contribution in [0.25, 0.3) is 0 Å². The van der Waals surface area contributed by atoms with Gasteiger partial charge in [0.1, 0.15) is 6.10 Å². The molecular formula is C9H7Cl2F3O. The summed E-state index contributed by atoms with van der Waals surface area (Å²) in [5.74, 6) is -4.24. The zero-order valence-electron chi connectivity index (χ0n) is 7.57. The highest BCUT2D eigenvalue weighted by atomic mass is 35.5. The Balaban J connectivity index is 3.17. The SMILES string of the molecule is CC(F)(F)C(O)c1cc(Cl)c(F)c(Cl)c1. The molecule has 0 bridgehead atoms. The quantitative estimate of drug-likeness (QED) is 0.800. The largest absolute Gasteiger partial charge is 0.382 e. The van der Waals surface area contributed by atoms with Crippen molar-refractivity contribution < 1.29 is 18.3 Å². The van der Waals surface area contributed by atoms with Crippen LogP contribution < -0.4 is 0 Å². The van der Waals surface area contributed by atoms with Crippen molar-refractivity contribution in [3.8, 4) is 0 Å². The average molecular weight is 259 g/mol. The molecule has 0 amide bonds. The third-order valence-electron chi connectivity index (χ3n) is 1.80. The van der Waals surface area contributed by atoms with Crippen LogP contribution in [0.5, 0.6) is 0 Å². The second kappa shape index (κ2) is 4.20. The monoisotopic (exact) mass is 258 g/mol. The van der Waals surface area contributed by atoms with Gasteiger partial charge in [-0.25, -0.2) is 13.2 Å². The average Bonchev–Trinajstić information content (AvgIpc) is 2.10. The van der Waals surface area contributed by atoms with E-state index in [1.54, 1.807) is 0 Å². The molecule has 0 aliphatic heterocycles. The van der Waals surface area contributed by atoms with Crippen molar-refractivity contribution in [1.82, 2.24) is 0 Å². The fourth-order valence-corrected chi connectivity index (χ4v) is 1.53. The standard InChI is InChI=1S/C9H7Cl2F3O/c1-9(13,14)8(15)4-2-5(10)7(12)6(11)3-4/h2-3,8,15H,1H3. The summed E-state index contributed by atoms with van der Waals surface area (Å²) in [7, 11) is 0. The molecule has 1 N–H and O–H groups in total. The number of aliphatic hydroxyl groups is 1. The Morgan fingerprint density at radius 2 is 1.67 bits per heavy atom. The van der Waals surface area contributed by atoms with E-state index in [1.165, 1.54) is 0 Å². The molecule has 1 unspecified atom stereocenters. The molecule has 0 saturated carbocycles. The maximum Gasteiger partial charge on any atom is 0.274 e. The number of hydrogen-bond donors (Lipinski definition) is 1. The van der Waals surface area contributed by atoms with Gasteiger partial charge in [0.05, 0.1) is 10.0 Å². The van der Waals surface area contributed by atoms with Gasteiger partial charge in [0, 0.05) is 6.92 Å². The van der Waals surface area contributed by atoms with Gasteiger partial charge in [-0.1, -0.05) is 23.2 Å². The predicted molar refractivity (Wildman–Crippen MR) is 52.0 cm³/mol. The molecule has 0 heterocycles. The van der Waals surface area contributed by atoms with Crippen molar-refractivity contribution in [2.24, 2.45) is 0 Å². The van der Waals surface area contributed by atoms with Crippen molar-refractivity contribution >= 4 is 23.2 Å². The van der Waals surface area contributed by atoms with Crippen molar-refractivity contribution in [3.63, 3.8) is 0 Å². The maximum absolute atomic E-state index is 12.9. The summed E-state index contributed by atoms with van der Waals surface area (Å²) in [6.45, 7) is 0.544. The van der Waals surface area contributed by atoms with Gasteiger partial charge < -0.3 is 5.11 Å². The van der Waals surface area contributed by atoms with E-state index in [4.69, 9.17) is 23.2 Å². The fourth-order valence-electron chi connectivity index (χ4n) is 1.03. The van der Waals surface area contributed by atoms with Gasteiger partial charge in [0.25, 0.3) is 5.92 Å². The minimum absolute atomic E-state index is 0.223. The topological polar surface area (TPSA) is 20.2 Å². The van der Waals surface area contributed by atoms with Crippen molar-refractivity contribution in [2.45, 2.75) is 19.0 Å². The number of hydrogen-bond acceptors (Lipinski definition) is 1. The van der Waals surface area contributed by atoms with E-state index in [0.717, 1.165) is 12.1 Å². The number of benzene rings is 1. The zero-order chi connectivity index (χ0) is 11.8. The first-order valence-corrected chi connectivity index (χ1v) is 4.69. The molecule has 1 rings (SSSR count). The molecule has 1 aromatic carbocycles. The summed E-state index contributed by atoms with van der Waals surface area (Å²) in [5, 5.41) is 8.40. The summed E-state index contributed by atoms with van der Waals surface area (Å²) in [4.78, 5) is 0. The fraction of sp³-hybridized carbons (Fsp3) is 0.333. The van der Waals surface area contributed by atoms with Crippen LogP contribution in [0, 0.1) is 5.82 Å². The number of aliphatic hydroxyl groups excluding tert-OH is 1. The van der Waals surface area contributed by atoms with Gasteiger partial charge in [0.15, 0.2) is 5.82 Å². The zero-order valence-corrected chi connectivity index (χ0v) is 9.08. The van der Waals surface area contributed by atoms with Crippen LogP contribution in [0.4, 0.5) is 13.2 Å². The molecule has 1 atom stereocenters. The smallest absolute Gasteiger partial charge is 0.274 e. The van der Waals surface area contributed by atoms with E-state index in [-0.39, 0.29) is 5.56 Å². The maximum atomic E-state index is 12.9. The molecule has 1 aromatic rings. The number of alkyl halides is 2. The molecule has 84 valence electrons. The lowest BCUT2D eigenvalue weighted by Crippen LogP contribution is -2.21. The van der Waals surface area contributed by atoms with Gasteiger partial charge in [-0.05, 0) is 17.7 Å². The van der Waals surface area contributed by atoms with Crippen LogP contribution in [-0.2, 0) is 0 Å². The van der Waals surface area contributed by atoms with Gasteiger partial charge in [-0.2, -0.15) is 0 Å². The first-order valence-electron chi connectivity index (χ1n) is 3.94. The van der Waals surface area contributed by atoms with Gasteiger partial charge in [-0.15, -0.1) is 0 Å². The second-order valence-corrected chi connectivity index (χ2v) is 3.97. The van der Waals surface area contributed by atoms with Crippen LogP contribution >= 0.6 is 23.2 Å². The Morgan fingerprint density at radius 1 is 1.27 bits per heavy atom. The molecule has 0 saturated heterocycles. The van der Waals surface area contributed by atoms with E-state index < -0.39 is 27.9 Å². The molecule has 0 radical (unpaired) electrons. The summed E-state index contributed by atoms with van der Waals surface area (Å²) >= 11 is 10.8. The van der Waals surface area contributed by atoms with Gasteiger partial charge >= 0.3 is 0 Å². The third-order valence-corrected chi connectivity index (χ3v) is 2.35. The van der Waals surface area contributed by atoms with Crippen LogP contribution in [-0.4, -0.2) is 11.0 Å².